The molecular weight excluding hydrogens is 244 g/mol. The van der Waals surface area contributed by atoms with Crippen LogP contribution in [0.15, 0.2) is 6.33 Å². The van der Waals surface area contributed by atoms with Crippen LogP contribution < -0.4 is 0 Å². The Balaban J connectivity index is 1.77. The molecule has 2 aliphatic heterocycles. The first-order valence-electron chi connectivity index (χ1n) is 6.58. The van der Waals surface area contributed by atoms with E-state index in [0.29, 0.717) is 17.7 Å². The normalized spacial score (nSPS) is 26.7. The quantitative estimate of drug-likeness (QED) is 0.786. The predicted octanol–water partition coefficient (Wildman–Crippen LogP) is 0.267. The van der Waals surface area contributed by atoms with Crippen molar-refractivity contribution < 1.29 is 9.90 Å². The molecule has 3 heterocycles. The number of aromatic nitrogens is 2. The number of likely N-dealkylation sites (tertiary alicyclic amines) is 2. The van der Waals surface area contributed by atoms with Crippen LogP contribution in [0.25, 0.3) is 0 Å². The monoisotopic (exact) mass is 262 g/mol. The molecule has 6 heteroatoms. The number of hydrogen-bond donors (Lipinski definition) is 1. The SMILES string of the molecule is Cc1ncnc(C(=O)N2C[C@H]3CN(C)CC[C@H]32)c1O. The fourth-order valence-electron chi connectivity index (χ4n) is 3.03. The molecule has 6 nitrogen and oxygen atoms in total. The molecule has 0 radical (unpaired) electrons. The van der Waals surface area contributed by atoms with Crippen molar-refractivity contribution >= 4 is 5.91 Å². The number of carbonyl (C=O) groups is 1. The Kier molecular flexibility index (Phi) is 2.89. The highest BCUT2D eigenvalue weighted by Crippen LogP contribution is 2.34. The number of amides is 1. The summed E-state index contributed by atoms with van der Waals surface area (Å²) in [5.41, 5.74) is 0.573. The Morgan fingerprint density at radius 2 is 2.21 bits per heavy atom. The van der Waals surface area contributed by atoms with Crippen molar-refractivity contribution in [3.63, 3.8) is 0 Å². The highest BCUT2D eigenvalue weighted by Gasteiger charge is 2.45. The van der Waals surface area contributed by atoms with Gasteiger partial charge in [-0.1, -0.05) is 0 Å². The molecule has 0 bridgehead atoms. The first-order chi connectivity index (χ1) is 9.08. The third-order valence-electron chi connectivity index (χ3n) is 4.20. The molecule has 19 heavy (non-hydrogen) atoms. The first kappa shape index (κ1) is 12.3. The topological polar surface area (TPSA) is 69.6 Å². The lowest BCUT2D eigenvalue weighted by Crippen LogP contribution is -2.64. The van der Waals surface area contributed by atoms with Crippen LogP contribution in [0.1, 0.15) is 22.6 Å². The van der Waals surface area contributed by atoms with E-state index in [-0.39, 0.29) is 17.4 Å². The maximum absolute atomic E-state index is 12.4. The summed E-state index contributed by atoms with van der Waals surface area (Å²) in [5, 5.41) is 9.89. The molecule has 1 aromatic heterocycles. The molecule has 2 saturated heterocycles. The van der Waals surface area contributed by atoms with Gasteiger partial charge in [-0.3, -0.25) is 4.79 Å². The van der Waals surface area contributed by atoms with Crippen LogP contribution in [0, 0.1) is 12.8 Å². The lowest BCUT2D eigenvalue weighted by atomic mass is 9.82. The highest BCUT2D eigenvalue weighted by molar-refractivity contribution is 5.95. The fourth-order valence-corrected chi connectivity index (χ4v) is 3.03. The van der Waals surface area contributed by atoms with Crippen molar-refractivity contribution in [2.75, 3.05) is 26.7 Å². The zero-order valence-corrected chi connectivity index (χ0v) is 11.2. The first-order valence-corrected chi connectivity index (χ1v) is 6.58. The summed E-state index contributed by atoms with van der Waals surface area (Å²) in [7, 11) is 2.11. The van der Waals surface area contributed by atoms with Crippen LogP contribution in [0.5, 0.6) is 5.75 Å². The van der Waals surface area contributed by atoms with Gasteiger partial charge in [0.2, 0.25) is 0 Å². The lowest BCUT2D eigenvalue weighted by molar-refractivity contribution is -0.0224. The van der Waals surface area contributed by atoms with Gasteiger partial charge in [0.25, 0.3) is 5.91 Å². The maximum Gasteiger partial charge on any atom is 0.276 e. The minimum atomic E-state index is -0.172. The second-order valence-electron chi connectivity index (χ2n) is 5.49. The zero-order valence-electron chi connectivity index (χ0n) is 11.2. The second kappa shape index (κ2) is 4.45. The second-order valence-corrected chi connectivity index (χ2v) is 5.49. The van der Waals surface area contributed by atoms with Crippen molar-refractivity contribution in [2.45, 2.75) is 19.4 Å². The molecule has 1 amide bonds. The summed E-state index contributed by atoms with van der Waals surface area (Å²) in [4.78, 5) is 24.3. The van der Waals surface area contributed by atoms with Gasteiger partial charge in [0, 0.05) is 25.0 Å². The Bertz CT molecular complexity index is 519. The third kappa shape index (κ3) is 1.96. The molecule has 2 aliphatic rings. The highest BCUT2D eigenvalue weighted by atomic mass is 16.3. The molecule has 0 aromatic carbocycles. The van der Waals surface area contributed by atoms with Crippen molar-refractivity contribution in [1.82, 2.24) is 19.8 Å². The lowest BCUT2D eigenvalue weighted by Gasteiger charge is -2.52. The molecule has 2 atom stereocenters. The van der Waals surface area contributed by atoms with E-state index in [1.54, 1.807) is 6.92 Å². The number of piperidine rings is 1. The van der Waals surface area contributed by atoms with Crippen LogP contribution in [0.3, 0.4) is 0 Å². The molecule has 102 valence electrons. The number of rotatable bonds is 1. The van der Waals surface area contributed by atoms with Crippen LogP contribution in [0.4, 0.5) is 0 Å². The zero-order chi connectivity index (χ0) is 13.6. The van der Waals surface area contributed by atoms with E-state index < -0.39 is 0 Å². The predicted molar refractivity (Wildman–Crippen MR) is 68.9 cm³/mol. The van der Waals surface area contributed by atoms with Gasteiger partial charge in [-0.05, 0) is 26.9 Å². The van der Waals surface area contributed by atoms with Crippen molar-refractivity contribution in [3.05, 3.63) is 17.7 Å². The number of aromatic hydroxyl groups is 1. The minimum absolute atomic E-state index is 0.0936. The number of nitrogens with zero attached hydrogens (tertiary/aromatic N) is 4. The maximum atomic E-state index is 12.4. The van der Waals surface area contributed by atoms with E-state index >= 15 is 0 Å². The van der Waals surface area contributed by atoms with E-state index in [9.17, 15) is 9.90 Å². The average molecular weight is 262 g/mol. The van der Waals surface area contributed by atoms with Gasteiger partial charge in [-0.15, -0.1) is 0 Å². The minimum Gasteiger partial charge on any atom is -0.504 e. The van der Waals surface area contributed by atoms with E-state index in [2.05, 4.69) is 21.9 Å². The van der Waals surface area contributed by atoms with Crippen LogP contribution in [-0.2, 0) is 0 Å². The van der Waals surface area contributed by atoms with Crippen LogP contribution in [0.2, 0.25) is 0 Å². The van der Waals surface area contributed by atoms with Gasteiger partial charge in [0.05, 0.1) is 5.69 Å². The summed E-state index contributed by atoms with van der Waals surface area (Å²) in [6.45, 7) is 4.49. The summed E-state index contributed by atoms with van der Waals surface area (Å²) in [5.74, 6) is 0.297. The van der Waals surface area contributed by atoms with Crippen molar-refractivity contribution in [2.24, 2.45) is 5.92 Å². The Morgan fingerprint density at radius 3 is 2.95 bits per heavy atom. The smallest absolute Gasteiger partial charge is 0.276 e. The van der Waals surface area contributed by atoms with E-state index in [1.807, 2.05) is 4.90 Å². The van der Waals surface area contributed by atoms with Gasteiger partial charge in [0.1, 0.15) is 6.33 Å². The van der Waals surface area contributed by atoms with Crippen molar-refractivity contribution in [1.29, 1.82) is 0 Å². The largest absolute Gasteiger partial charge is 0.504 e. The number of hydrogen-bond acceptors (Lipinski definition) is 5. The molecule has 0 unspecified atom stereocenters. The summed E-state index contributed by atoms with van der Waals surface area (Å²) in [6, 6.07) is 0.304. The molecule has 0 aliphatic carbocycles. The van der Waals surface area contributed by atoms with Gasteiger partial charge in [-0.2, -0.15) is 0 Å². The molecule has 1 N–H and O–H groups in total. The van der Waals surface area contributed by atoms with Gasteiger partial charge in [-0.25, -0.2) is 9.97 Å². The number of fused-ring (bicyclic) bond motifs is 1. The Hall–Kier alpha value is -1.69. The van der Waals surface area contributed by atoms with Gasteiger partial charge in [0.15, 0.2) is 11.4 Å². The molecular formula is C13H18N4O2. The Labute approximate surface area is 112 Å². The average Bonchev–Trinajstić information content (AvgIpc) is 2.35. The third-order valence-corrected chi connectivity index (χ3v) is 4.20. The van der Waals surface area contributed by atoms with Crippen LogP contribution in [-0.4, -0.2) is 63.5 Å². The van der Waals surface area contributed by atoms with Crippen LogP contribution >= 0.6 is 0 Å². The summed E-state index contributed by atoms with van der Waals surface area (Å²) >= 11 is 0. The number of aryl methyl sites for hydroxylation is 1. The molecule has 0 saturated carbocycles. The molecule has 1 aromatic rings. The summed E-state index contributed by atoms with van der Waals surface area (Å²) < 4.78 is 0. The van der Waals surface area contributed by atoms with Gasteiger partial charge >= 0.3 is 0 Å². The standard InChI is InChI=1S/C13H18N4O2/c1-8-12(18)11(15-7-14-8)13(19)17-6-9-5-16(2)4-3-10(9)17/h7,9-10,18H,3-6H2,1-2H3/t9-,10-/m1/s1. The number of carbonyl (C=O) groups excluding carboxylic acids is 1. The van der Waals surface area contributed by atoms with Crippen molar-refractivity contribution in [3.8, 4) is 5.75 Å². The molecule has 0 spiro atoms. The van der Waals surface area contributed by atoms with E-state index in [4.69, 9.17) is 0 Å². The molecule has 2 fully saturated rings. The summed E-state index contributed by atoms with van der Waals surface area (Å²) in [6.07, 6.45) is 2.33. The fraction of sp³-hybridized carbons (Fsp3) is 0.615. The van der Waals surface area contributed by atoms with E-state index in [1.165, 1.54) is 6.33 Å². The molecule has 3 rings (SSSR count). The van der Waals surface area contributed by atoms with E-state index in [0.717, 1.165) is 26.1 Å². The Morgan fingerprint density at radius 1 is 1.42 bits per heavy atom. The van der Waals surface area contributed by atoms with Gasteiger partial charge < -0.3 is 14.9 Å².